The van der Waals surface area contributed by atoms with Crippen LogP contribution < -0.4 is 22.1 Å². The van der Waals surface area contributed by atoms with E-state index in [1.54, 1.807) is 12.3 Å². The van der Waals surface area contributed by atoms with Gasteiger partial charge < -0.3 is 26.7 Å². The average Bonchev–Trinajstić information content (AvgIpc) is 3.02. The van der Waals surface area contributed by atoms with Crippen LogP contribution in [0.25, 0.3) is 11.0 Å². The summed E-state index contributed by atoms with van der Waals surface area (Å²) in [5.74, 6) is -0.388. The SMILES string of the molecule is Cn1ccc2c(Nc3nc(NC[C@@H](N)CC(F)F)ncc3C(N)=O)ccnc21. The van der Waals surface area contributed by atoms with E-state index >= 15 is 0 Å². The first-order valence-electron chi connectivity index (χ1n) is 8.46. The van der Waals surface area contributed by atoms with E-state index in [0.717, 1.165) is 11.0 Å². The first-order chi connectivity index (χ1) is 13.3. The van der Waals surface area contributed by atoms with Crippen molar-refractivity contribution >= 4 is 34.4 Å². The number of nitrogens with one attached hydrogen (secondary N) is 2. The Morgan fingerprint density at radius 3 is 2.82 bits per heavy atom. The Morgan fingerprint density at radius 1 is 1.32 bits per heavy atom. The molecule has 3 aromatic heterocycles. The number of hydrogen-bond donors (Lipinski definition) is 4. The van der Waals surface area contributed by atoms with Gasteiger partial charge in [-0.05, 0) is 12.1 Å². The second-order valence-corrected chi connectivity index (χ2v) is 6.24. The van der Waals surface area contributed by atoms with E-state index in [9.17, 15) is 13.6 Å². The molecule has 1 atom stereocenters. The fraction of sp³-hybridized carbons (Fsp3) is 0.294. The summed E-state index contributed by atoms with van der Waals surface area (Å²) < 4.78 is 26.6. The second kappa shape index (κ2) is 8.13. The van der Waals surface area contributed by atoms with Gasteiger partial charge in [-0.3, -0.25) is 4.79 Å². The standard InChI is InChI=1S/C17H20F2N8O/c1-27-5-3-10-12(2-4-22-16(10)27)25-15-11(14(21)28)8-24-17(26-15)23-7-9(20)6-13(18)19/h2-5,8-9,13H,6-7,20H2,1H3,(H2,21,28)(H2,22,23,24,25,26)/t9-/m0/s1. The molecule has 3 aromatic rings. The Morgan fingerprint density at radius 2 is 2.11 bits per heavy atom. The van der Waals surface area contributed by atoms with Crippen LogP contribution in [0.4, 0.5) is 26.2 Å². The fourth-order valence-corrected chi connectivity index (χ4v) is 2.68. The zero-order valence-corrected chi connectivity index (χ0v) is 15.1. The molecule has 11 heteroatoms. The van der Waals surface area contributed by atoms with Gasteiger partial charge in [0.05, 0.1) is 5.69 Å². The van der Waals surface area contributed by atoms with Crippen LogP contribution in [0.3, 0.4) is 0 Å². The Bertz CT molecular complexity index is 990. The summed E-state index contributed by atoms with van der Waals surface area (Å²) in [7, 11) is 1.86. The third-order valence-electron chi connectivity index (χ3n) is 4.08. The zero-order chi connectivity index (χ0) is 20.3. The molecule has 0 fully saturated rings. The average molecular weight is 390 g/mol. The lowest BCUT2D eigenvalue weighted by atomic mass is 10.2. The predicted molar refractivity (Wildman–Crippen MR) is 102 cm³/mol. The maximum absolute atomic E-state index is 12.4. The molecule has 3 heterocycles. The minimum absolute atomic E-state index is 0.0535. The van der Waals surface area contributed by atoms with Gasteiger partial charge in [0, 0.05) is 50.0 Å². The van der Waals surface area contributed by atoms with Crippen LogP contribution in [-0.2, 0) is 7.05 Å². The van der Waals surface area contributed by atoms with Crippen LogP contribution in [0, 0.1) is 0 Å². The van der Waals surface area contributed by atoms with Crippen molar-refractivity contribution in [3.63, 3.8) is 0 Å². The summed E-state index contributed by atoms with van der Waals surface area (Å²) in [5, 5.41) is 6.69. The number of primary amides is 1. The van der Waals surface area contributed by atoms with Crippen LogP contribution >= 0.6 is 0 Å². The predicted octanol–water partition coefficient (Wildman–Crippen LogP) is 1.60. The van der Waals surface area contributed by atoms with Crippen LogP contribution in [0.1, 0.15) is 16.8 Å². The van der Waals surface area contributed by atoms with Gasteiger partial charge in [-0.25, -0.2) is 18.7 Å². The summed E-state index contributed by atoms with van der Waals surface area (Å²) in [6, 6.07) is 2.85. The highest BCUT2D eigenvalue weighted by atomic mass is 19.3. The molecule has 9 nitrogen and oxygen atoms in total. The smallest absolute Gasteiger partial charge is 0.254 e. The van der Waals surface area contributed by atoms with Gasteiger partial charge in [0.1, 0.15) is 17.0 Å². The van der Waals surface area contributed by atoms with Crippen LogP contribution in [0.15, 0.2) is 30.7 Å². The molecular weight excluding hydrogens is 370 g/mol. The van der Waals surface area contributed by atoms with Crippen molar-refractivity contribution in [3.05, 3.63) is 36.3 Å². The summed E-state index contributed by atoms with van der Waals surface area (Å²) >= 11 is 0. The maximum Gasteiger partial charge on any atom is 0.254 e. The first kappa shape index (κ1) is 19.4. The van der Waals surface area contributed by atoms with E-state index in [1.807, 2.05) is 23.9 Å². The van der Waals surface area contributed by atoms with Gasteiger partial charge >= 0.3 is 0 Å². The Balaban J connectivity index is 1.86. The van der Waals surface area contributed by atoms with E-state index in [4.69, 9.17) is 11.5 Å². The third-order valence-corrected chi connectivity index (χ3v) is 4.08. The molecular formula is C17H20F2N8O. The lowest BCUT2D eigenvalue weighted by Gasteiger charge is -2.14. The highest BCUT2D eigenvalue weighted by Gasteiger charge is 2.16. The summed E-state index contributed by atoms with van der Waals surface area (Å²) in [4.78, 5) is 24.3. The van der Waals surface area contributed by atoms with Crippen molar-refractivity contribution in [3.8, 4) is 0 Å². The molecule has 0 spiro atoms. The summed E-state index contributed by atoms with van der Waals surface area (Å²) in [6.45, 7) is 0.0535. The highest BCUT2D eigenvalue weighted by molar-refractivity contribution is 6.00. The quantitative estimate of drug-likeness (QED) is 0.458. The number of fused-ring (bicyclic) bond motifs is 1. The molecule has 0 saturated heterocycles. The number of aryl methyl sites for hydroxylation is 1. The number of anilines is 3. The van der Waals surface area contributed by atoms with Crippen LogP contribution in [0.2, 0.25) is 0 Å². The van der Waals surface area contributed by atoms with Gasteiger partial charge in [0.2, 0.25) is 12.4 Å². The van der Waals surface area contributed by atoms with Crippen molar-refractivity contribution in [2.75, 3.05) is 17.2 Å². The number of hydrogen-bond acceptors (Lipinski definition) is 7. The molecule has 148 valence electrons. The van der Waals surface area contributed by atoms with Crippen molar-refractivity contribution in [2.45, 2.75) is 18.9 Å². The Kier molecular flexibility index (Phi) is 5.64. The molecule has 0 aromatic carbocycles. The Labute approximate surface area is 159 Å². The van der Waals surface area contributed by atoms with E-state index in [1.165, 1.54) is 6.20 Å². The maximum atomic E-state index is 12.4. The largest absolute Gasteiger partial charge is 0.365 e. The molecule has 3 rings (SSSR count). The van der Waals surface area contributed by atoms with Crippen molar-refractivity contribution in [1.82, 2.24) is 19.5 Å². The van der Waals surface area contributed by atoms with Crippen molar-refractivity contribution in [2.24, 2.45) is 18.5 Å². The van der Waals surface area contributed by atoms with Gasteiger partial charge in [0.25, 0.3) is 5.91 Å². The minimum atomic E-state index is -2.49. The molecule has 0 aliphatic heterocycles. The molecule has 1 amide bonds. The van der Waals surface area contributed by atoms with Gasteiger partial charge in [-0.2, -0.15) is 4.98 Å². The molecule has 0 aliphatic rings. The summed E-state index contributed by atoms with van der Waals surface area (Å²) in [5.41, 5.74) is 12.5. The lowest BCUT2D eigenvalue weighted by molar-refractivity contribution is 0.100. The minimum Gasteiger partial charge on any atom is -0.365 e. The molecule has 0 aliphatic carbocycles. The molecule has 6 N–H and O–H groups in total. The number of carbonyl (C=O) groups is 1. The van der Waals surface area contributed by atoms with Crippen molar-refractivity contribution < 1.29 is 13.6 Å². The number of halogens is 2. The van der Waals surface area contributed by atoms with Gasteiger partial charge in [-0.1, -0.05) is 0 Å². The van der Waals surface area contributed by atoms with Crippen molar-refractivity contribution in [1.29, 1.82) is 0 Å². The Hall–Kier alpha value is -3.34. The topological polar surface area (TPSA) is 137 Å². The molecule has 0 radical (unpaired) electrons. The molecule has 0 bridgehead atoms. The van der Waals surface area contributed by atoms with E-state index < -0.39 is 24.8 Å². The normalized spacial score (nSPS) is 12.3. The van der Waals surface area contributed by atoms with Crippen LogP contribution in [-0.4, -0.2) is 44.4 Å². The van der Waals surface area contributed by atoms with E-state index in [0.29, 0.717) is 5.69 Å². The van der Waals surface area contributed by atoms with Gasteiger partial charge in [-0.15, -0.1) is 0 Å². The number of aromatic nitrogens is 4. The number of rotatable bonds is 8. The first-order valence-corrected chi connectivity index (χ1v) is 8.46. The number of alkyl halides is 2. The second-order valence-electron chi connectivity index (χ2n) is 6.24. The number of amides is 1. The fourth-order valence-electron chi connectivity index (χ4n) is 2.68. The lowest BCUT2D eigenvalue weighted by Crippen LogP contribution is -2.31. The molecule has 0 unspecified atom stereocenters. The number of nitrogens with two attached hydrogens (primary N) is 2. The summed E-state index contributed by atoms with van der Waals surface area (Å²) in [6.07, 6.45) is 1.81. The third kappa shape index (κ3) is 4.31. The highest BCUT2D eigenvalue weighted by Crippen LogP contribution is 2.26. The van der Waals surface area contributed by atoms with Crippen LogP contribution in [0.5, 0.6) is 0 Å². The van der Waals surface area contributed by atoms with E-state index in [2.05, 4.69) is 25.6 Å². The zero-order valence-electron chi connectivity index (χ0n) is 15.1. The molecule has 0 saturated carbocycles. The number of carbonyl (C=O) groups excluding carboxylic acids is 1. The van der Waals surface area contributed by atoms with Gasteiger partial charge in [0.15, 0.2) is 0 Å². The monoisotopic (exact) mass is 390 g/mol. The molecule has 28 heavy (non-hydrogen) atoms. The number of nitrogens with zero attached hydrogens (tertiary/aromatic N) is 4. The van der Waals surface area contributed by atoms with E-state index in [-0.39, 0.29) is 23.9 Å². The number of pyridine rings is 1.